The highest BCUT2D eigenvalue weighted by molar-refractivity contribution is 5.79. The quantitative estimate of drug-likeness (QED) is 0.504. The van der Waals surface area contributed by atoms with Crippen LogP contribution in [0, 0.1) is 0 Å². The fourth-order valence-electron chi connectivity index (χ4n) is 0.835. The molecule has 0 aliphatic rings. The first kappa shape index (κ1) is 8.59. The third-order valence-corrected chi connectivity index (χ3v) is 1.40. The molecule has 0 heterocycles. The molecule has 1 rings (SSSR count). The maximum absolute atomic E-state index is 5.03. The Hall–Kier alpha value is -1.51. The summed E-state index contributed by atoms with van der Waals surface area (Å²) < 4.78 is 5.03. The number of hydrogen-bond donors (Lipinski definition) is 0. The Labute approximate surface area is 71.6 Å². The van der Waals surface area contributed by atoms with Gasteiger partial charge >= 0.3 is 0 Å². The Bertz CT molecular complexity index is 271. The van der Waals surface area contributed by atoms with Crippen LogP contribution in [0.15, 0.2) is 29.4 Å². The lowest BCUT2D eigenvalue weighted by Crippen LogP contribution is -1.85. The van der Waals surface area contributed by atoms with E-state index in [1.54, 1.807) is 13.3 Å². The molecule has 0 saturated carbocycles. The second kappa shape index (κ2) is 4.38. The van der Waals surface area contributed by atoms with E-state index in [0.29, 0.717) is 0 Å². The number of benzene rings is 1. The Morgan fingerprint density at radius 3 is 2.83 bits per heavy atom. The molecule has 0 amide bonds. The average molecular weight is 165 g/mol. The minimum absolute atomic E-state index is 0.815. The van der Waals surface area contributed by atoms with Crippen molar-refractivity contribution >= 4 is 6.21 Å². The summed E-state index contributed by atoms with van der Waals surface area (Å²) in [6.45, 7) is 0. The first-order chi connectivity index (χ1) is 5.86. The molecule has 3 heteroatoms. The van der Waals surface area contributed by atoms with E-state index in [0.717, 1.165) is 11.3 Å². The Morgan fingerprint density at radius 2 is 2.17 bits per heavy atom. The van der Waals surface area contributed by atoms with E-state index in [4.69, 9.17) is 4.74 Å². The number of rotatable bonds is 3. The number of hydrogen-bond acceptors (Lipinski definition) is 3. The minimum Gasteiger partial charge on any atom is -0.497 e. The maximum atomic E-state index is 5.03. The molecule has 0 saturated heterocycles. The van der Waals surface area contributed by atoms with Crippen LogP contribution in [-0.2, 0) is 4.84 Å². The van der Waals surface area contributed by atoms with Gasteiger partial charge in [-0.3, -0.25) is 0 Å². The summed E-state index contributed by atoms with van der Waals surface area (Å²) in [5.74, 6) is 0.815. The molecule has 1 aromatic rings. The lowest BCUT2D eigenvalue weighted by atomic mass is 10.2. The summed E-state index contributed by atoms with van der Waals surface area (Å²) in [6, 6.07) is 7.58. The number of ether oxygens (including phenoxy) is 1. The van der Waals surface area contributed by atoms with Crippen LogP contribution in [0.4, 0.5) is 0 Å². The standard InChI is InChI=1S/C9H11NO2/c1-11-9-5-3-4-8(6-9)7-10-12-2/h3-7H,1-2H3/b10-7+. The second-order valence-corrected chi connectivity index (χ2v) is 2.19. The van der Waals surface area contributed by atoms with Crippen LogP contribution in [0.2, 0.25) is 0 Å². The van der Waals surface area contributed by atoms with Crippen LogP contribution in [-0.4, -0.2) is 20.4 Å². The van der Waals surface area contributed by atoms with E-state index in [1.807, 2.05) is 24.3 Å². The van der Waals surface area contributed by atoms with Gasteiger partial charge in [0.2, 0.25) is 0 Å². The zero-order valence-electron chi connectivity index (χ0n) is 7.15. The summed E-state index contributed by atoms with van der Waals surface area (Å²) in [6.07, 6.45) is 1.63. The number of nitrogens with zero attached hydrogens (tertiary/aromatic N) is 1. The van der Waals surface area contributed by atoms with Gasteiger partial charge in [-0.25, -0.2) is 0 Å². The molecule has 0 radical (unpaired) electrons. The van der Waals surface area contributed by atoms with Crippen LogP contribution in [0.1, 0.15) is 5.56 Å². The molecule has 0 aromatic heterocycles. The van der Waals surface area contributed by atoms with E-state index < -0.39 is 0 Å². The normalized spacial score (nSPS) is 10.2. The van der Waals surface area contributed by atoms with Gasteiger partial charge in [-0.2, -0.15) is 0 Å². The summed E-state index contributed by atoms with van der Waals surface area (Å²) in [4.78, 5) is 4.55. The Balaban J connectivity index is 2.79. The van der Waals surface area contributed by atoms with Crippen molar-refractivity contribution in [1.82, 2.24) is 0 Å². The Kier molecular flexibility index (Phi) is 3.14. The van der Waals surface area contributed by atoms with Gasteiger partial charge in [-0.15, -0.1) is 0 Å². The predicted molar refractivity (Wildman–Crippen MR) is 47.6 cm³/mol. The molecule has 0 aliphatic carbocycles. The molecular formula is C9H11NO2. The van der Waals surface area contributed by atoms with Crippen molar-refractivity contribution in [1.29, 1.82) is 0 Å². The van der Waals surface area contributed by atoms with E-state index >= 15 is 0 Å². The van der Waals surface area contributed by atoms with E-state index in [1.165, 1.54) is 7.11 Å². The van der Waals surface area contributed by atoms with Crippen LogP contribution in [0.5, 0.6) is 5.75 Å². The van der Waals surface area contributed by atoms with Gasteiger partial charge in [-0.05, 0) is 17.7 Å². The van der Waals surface area contributed by atoms with Crippen molar-refractivity contribution in [3.05, 3.63) is 29.8 Å². The molecule has 0 unspecified atom stereocenters. The molecule has 0 fully saturated rings. The van der Waals surface area contributed by atoms with Crippen LogP contribution < -0.4 is 4.74 Å². The molecule has 12 heavy (non-hydrogen) atoms. The van der Waals surface area contributed by atoms with Crippen LogP contribution >= 0.6 is 0 Å². The van der Waals surface area contributed by atoms with Gasteiger partial charge in [-0.1, -0.05) is 17.3 Å². The molecule has 0 bridgehead atoms. The zero-order valence-corrected chi connectivity index (χ0v) is 7.15. The molecule has 1 aromatic carbocycles. The molecule has 64 valence electrons. The molecule has 0 atom stereocenters. The third-order valence-electron chi connectivity index (χ3n) is 1.40. The molecular weight excluding hydrogens is 154 g/mol. The predicted octanol–water partition coefficient (Wildman–Crippen LogP) is 1.68. The van der Waals surface area contributed by atoms with Gasteiger partial charge in [0.15, 0.2) is 0 Å². The Morgan fingerprint density at radius 1 is 1.33 bits per heavy atom. The van der Waals surface area contributed by atoms with Crippen LogP contribution in [0.25, 0.3) is 0 Å². The smallest absolute Gasteiger partial charge is 0.119 e. The van der Waals surface area contributed by atoms with Gasteiger partial charge in [0.25, 0.3) is 0 Å². The number of oxime groups is 1. The highest BCUT2D eigenvalue weighted by Gasteiger charge is 1.91. The molecule has 0 N–H and O–H groups in total. The maximum Gasteiger partial charge on any atom is 0.119 e. The van der Waals surface area contributed by atoms with Crippen molar-refractivity contribution in [3.63, 3.8) is 0 Å². The van der Waals surface area contributed by atoms with Gasteiger partial charge in [0.1, 0.15) is 12.9 Å². The fraction of sp³-hybridized carbons (Fsp3) is 0.222. The van der Waals surface area contributed by atoms with Crippen molar-refractivity contribution in [2.24, 2.45) is 5.16 Å². The van der Waals surface area contributed by atoms with Crippen molar-refractivity contribution < 1.29 is 9.57 Å². The van der Waals surface area contributed by atoms with E-state index in [9.17, 15) is 0 Å². The average Bonchev–Trinajstić information content (AvgIpc) is 2.15. The fourth-order valence-corrected chi connectivity index (χ4v) is 0.835. The lowest BCUT2D eigenvalue weighted by Gasteiger charge is -1.98. The topological polar surface area (TPSA) is 30.8 Å². The van der Waals surface area contributed by atoms with Crippen molar-refractivity contribution in [2.75, 3.05) is 14.2 Å². The largest absolute Gasteiger partial charge is 0.497 e. The molecule has 3 nitrogen and oxygen atoms in total. The summed E-state index contributed by atoms with van der Waals surface area (Å²) in [5, 5.41) is 3.64. The SMILES string of the molecule is CO/N=C/c1cccc(OC)c1. The van der Waals surface area contributed by atoms with Crippen LogP contribution in [0.3, 0.4) is 0 Å². The van der Waals surface area contributed by atoms with Gasteiger partial charge in [0.05, 0.1) is 13.3 Å². The monoisotopic (exact) mass is 165 g/mol. The van der Waals surface area contributed by atoms with E-state index in [2.05, 4.69) is 9.99 Å². The highest BCUT2D eigenvalue weighted by atomic mass is 16.6. The zero-order chi connectivity index (χ0) is 8.81. The first-order valence-electron chi connectivity index (χ1n) is 3.57. The van der Waals surface area contributed by atoms with Crippen molar-refractivity contribution in [2.45, 2.75) is 0 Å². The highest BCUT2D eigenvalue weighted by Crippen LogP contribution is 2.10. The first-order valence-corrected chi connectivity index (χ1v) is 3.57. The van der Waals surface area contributed by atoms with Gasteiger partial charge < -0.3 is 9.57 Å². The third kappa shape index (κ3) is 2.27. The van der Waals surface area contributed by atoms with E-state index in [-0.39, 0.29) is 0 Å². The summed E-state index contributed by atoms with van der Waals surface area (Å²) in [7, 11) is 3.14. The minimum atomic E-state index is 0.815. The number of methoxy groups -OCH3 is 1. The van der Waals surface area contributed by atoms with Gasteiger partial charge in [0, 0.05) is 0 Å². The lowest BCUT2D eigenvalue weighted by molar-refractivity contribution is 0.215. The van der Waals surface area contributed by atoms with Crippen molar-refractivity contribution in [3.8, 4) is 5.75 Å². The summed E-state index contributed by atoms with van der Waals surface area (Å²) >= 11 is 0. The second-order valence-electron chi connectivity index (χ2n) is 2.19. The molecule has 0 aliphatic heterocycles. The summed E-state index contributed by atoms with van der Waals surface area (Å²) in [5.41, 5.74) is 0.955. The molecule has 0 spiro atoms.